The second-order valence-corrected chi connectivity index (χ2v) is 4.79. The first kappa shape index (κ1) is 15.7. The van der Waals surface area contributed by atoms with Crippen LogP contribution in [0.3, 0.4) is 0 Å². The smallest absolute Gasteiger partial charge is 0.170 e. The Bertz CT molecular complexity index is 380. The van der Waals surface area contributed by atoms with Crippen LogP contribution in [-0.2, 0) is 4.74 Å². The van der Waals surface area contributed by atoms with Crippen molar-refractivity contribution < 1.29 is 9.47 Å². The molecular weight excluding hydrogens is 260 g/mol. The molecule has 0 saturated heterocycles. The summed E-state index contributed by atoms with van der Waals surface area (Å²) in [6.45, 7) is 5.61. The van der Waals surface area contributed by atoms with Crippen molar-refractivity contribution in [2.24, 2.45) is 0 Å². The average molecular weight is 282 g/mol. The van der Waals surface area contributed by atoms with Crippen LogP contribution in [-0.4, -0.2) is 31.5 Å². The number of rotatable bonds is 7. The van der Waals surface area contributed by atoms with Crippen LogP contribution in [0.25, 0.3) is 0 Å². The minimum Gasteiger partial charge on any atom is -0.497 e. The summed E-state index contributed by atoms with van der Waals surface area (Å²) in [4.78, 5) is 0. The van der Waals surface area contributed by atoms with Crippen molar-refractivity contribution in [1.29, 1.82) is 0 Å². The van der Waals surface area contributed by atoms with Gasteiger partial charge in [-0.2, -0.15) is 0 Å². The zero-order chi connectivity index (χ0) is 14.1. The van der Waals surface area contributed by atoms with Crippen LogP contribution in [0, 0.1) is 0 Å². The Hall–Kier alpha value is -1.33. The third-order valence-electron chi connectivity index (χ3n) is 2.41. The maximum atomic E-state index is 5.45. The van der Waals surface area contributed by atoms with E-state index in [9.17, 15) is 0 Å². The summed E-state index contributed by atoms with van der Waals surface area (Å²) < 4.78 is 10.5. The van der Waals surface area contributed by atoms with Crippen LogP contribution in [0.15, 0.2) is 24.3 Å². The third kappa shape index (κ3) is 6.98. The monoisotopic (exact) mass is 282 g/mol. The standard InChI is InChI=1S/C14H22N2O2S/c1-11(2)18-10-4-9-15-14(19)16-12-5-7-13(17-3)8-6-12/h5-8,11H,4,9-10H2,1-3H3,(H2,15,16,19). The SMILES string of the molecule is COc1ccc(NC(=S)NCCCOC(C)C)cc1. The van der Waals surface area contributed by atoms with Crippen LogP contribution in [0.1, 0.15) is 20.3 Å². The Morgan fingerprint density at radius 3 is 2.53 bits per heavy atom. The van der Waals surface area contributed by atoms with E-state index in [2.05, 4.69) is 10.6 Å². The second kappa shape index (κ2) is 8.72. The fourth-order valence-corrected chi connectivity index (χ4v) is 1.66. The van der Waals surface area contributed by atoms with E-state index in [1.54, 1.807) is 7.11 Å². The molecule has 1 aromatic rings. The van der Waals surface area contributed by atoms with Crippen LogP contribution >= 0.6 is 12.2 Å². The van der Waals surface area contributed by atoms with E-state index >= 15 is 0 Å². The zero-order valence-corrected chi connectivity index (χ0v) is 12.5. The van der Waals surface area contributed by atoms with Gasteiger partial charge in [-0.15, -0.1) is 0 Å². The summed E-state index contributed by atoms with van der Waals surface area (Å²) in [5, 5.41) is 6.88. The lowest BCUT2D eigenvalue weighted by atomic mass is 10.3. The Morgan fingerprint density at radius 1 is 1.26 bits per heavy atom. The highest BCUT2D eigenvalue weighted by Gasteiger charge is 1.98. The number of methoxy groups -OCH3 is 1. The molecule has 19 heavy (non-hydrogen) atoms. The number of hydrogen-bond acceptors (Lipinski definition) is 3. The van der Waals surface area contributed by atoms with Gasteiger partial charge in [-0.25, -0.2) is 0 Å². The summed E-state index contributed by atoms with van der Waals surface area (Å²) in [6, 6.07) is 7.63. The van der Waals surface area contributed by atoms with Crippen molar-refractivity contribution in [3.8, 4) is 5.75 Å². The highest BCUT2D eigenvalue weighted by molar-refractivity contribution is 7.80. The van der Waals surface area contributed by atoms with Crippen molar-refractivity contribution in [2.75, 3.05) is 25.6 Å². The molecule has 0 aliphatic carbocycles. The molecule has 0 spiro atoms. The van der Waals surface area contributed by atoms with Gasteiger partial charge in [0.1, 0.15) is 5.75 Å². The molecule has 4 nitrogen and oxygen atoms in total. The predicted octanol–water partition coefficient (Wildman–Crippen LogP) is 2.80. The molecule has 0 saturated carbocycles. The lowest BCUT2D eigenvalue weighted by Crippen LogP contribution is -2.29. The van der Waals surface area contributed by atoms with Crippen molar-refractivity contribution in [1.82, 2.24) is 5.32 Å². The van der Waals surface area contributed by atoms with Gasteiger partial charge in [0.25, 0.3) is 0 Å². The van der Waals surface area contributed by atoms with Crippen LogP contribution < -0.4 is 15.4 Å². The minimum absolute atomic E-state index is 0.282. The molecule has 0 unspecified atom stereocenters. The summed E-state index contributed by atoms with van der Waals surface area (Å²) in [5.74, 6) is 0.829. The van der Waals surface area contributed by atoms with Crippen LogP contribution in [0.4, 0.5) is 5.69 Å². The molecule has 0 fully saturated rings. The van der Waals surface area contributed by atoms with Gasteiger partial charge in [0.15, 0.2) is 5.11 Å². The lowest BCUT2D eigenvalue weighted by molar-refractivity contribution is 0.0777. The van der Waals surface area contributed by atoms with Crippen molar-refractivity contribution >= 4 is 23.0 Å². The fourth-order valence-electron chi connectivity index (χ4n) is 1.44. The predicted molar refractivity (Wildman–Crippen MR) is 82.9 cm³/mol. The number of benzene rings is 1. The van der Waals surface area contributed by atoms with Gasteiger partial charge >= 0.3 is 0 Å². The zero-order valence-electron chi connectivity index (χ0n) is 11.7. The maximum Gasteiger partial charge on any atom is 0.170 e. The molecular formula is C14H22N2O2S. The molecule has 0 heterocycles. The first-order valence-corrected chi connectivity index (χ1v) is 6.83. The highest BCUT2D eigenvalue weighted by Crippen LogP contribution is 2.14. The van der Waals surface area contributed by atoms with E-state index in [1.807, 2.05) is 38.1 Å². The molecule has 5 heteroatoms. The van der Waals surface area contributed by atoms with Gasteiger partial charge in [0.2, 0.25) is 0 Å². The van der Waals surface area contributed by atoms with E-state index in [0.717, 1.165) is 31.0 Å². The topological polar surface area (TPSA) is 42.5 Å². The van der Waals surface area contributed by atoms with Gasteiger partial charge < -0.3 is 20.1 Å². The first-order valence-electron chi connectivity index (χ1n) is 6.42. The summed E-state index contributed by atoms with van der Waals surface area (Å²) >= 11 is 5.20. The van der Waals surface area contributed by atoms with Gasteiger partial charge in [-0.3, -0.25) is 0 Å². The number of thiocarbonyl (C=S) groups is 1. The molecule has 1 rings (SSSR count). The molecule has 2 N–H and O–H groups in total. The summed E-state index contributed by atoms with van der Waals surface area (Å²) in [5.41, 5.74) is 0.941. The highest BCUT2D eigenvalue weighted by atomic mass is 32.1. The van der Waals surface area contributed by atoms with E-state index in [1.165, 1.54) is 0 Å². The third-order valence-corrected chi connectivity index (χ3v) is 2.65. The van der Waals surface area contributed by atoms with Gasteiger partial charge in [-0.1, -0.05) is 0 Å². The lowest BCUT2D eigenvalue weighted by Gasteiger charge is -2.11. The molecule has 0 amide bonds. The van der Waals surface area contributed by atoms with Crippen molar-refractivity contribution in [3.63, 3.8) is 0 Å². The number of ether oxygens (including phenoxy) is 2. The largest absolute Gasteiger partial charge is 0.497 e. The molecule has 0 aliphatic heterocycles. The van der Waals surface area contributed by atoms with E-state index in [0.29, 0.717) is 5.11 Å². The van der Waals surface area contributed by atoms with E-state index < -0.39 is 0 Å². The first-order chi connectivity index (χ1) is 9.11. The van der Waals surface area contributed by atoms with Crippen molar-refractivity contribution in [3.05, 3.63) is 24.3 Å². The van der Waals surface area contributed by atoms with Crippen LogP contribution in [0.5, 0.6) is 5.75 Å². The maximum absolute atomic E-state index is 5.45. The second-order valence-electron chi connectivity index (χ2n) is 4.38. The van der Waals surface area contributed by atoms with Gasteiger partial charge in [0.05, 0.1) is 13.2 Å². The van der Waals surface area contributed by atoms with Gasteiger partial charge in [0, 0.05) is 18.8 Å². The Morgan fingerprint density at radius 2 is 1.95 bits per heavy atom. The minimum atomic E-state index is 0.282. The molecule has 1 aromatic carbocycles. The molecule has 0 aromatic heterocycles. The number of nitrogens with one attached hydrogen (secondary N) is 2. The molecule has 0 radical (unpaired) electrons. The normalized spacial score (nSPS) is 10.3. The van der Waals surface area contributed by atoms with Gasteiger partial charge in [-0.05, 0) is 56.8 Å². The quantitative estimate of drug-likeness (QED) is 0.594. The Kier molecular flexibility index (Phi) is 7.22. The molecule has 0 bridgehead atoms. The molecule has 0 atom stereocenters. The summed E-state index contributed by atoms with van der Waals surface area (Å²) in [7, 11) is 1.65. The average Bonchev–Trinajstić information content (AvgIpc) is 2.39. The molecule has 106 valence electrons. The summed E-state index contributed by atoms with van der Waals surface area (Å²) in [6.07, 6.45) is 1.21. The number of anilines is 1. The fraction of sp³-hybridized carbons (Fsp3) is 0.500. The van der Waals surface area contributed by atoms with E-state index in [4.69, 9.17) is 21.7 Å². The van der Waals surface area contributed by atoms with E-state index in [-0.39, 0.29) is 6.10 Å². The molecule has 0 aliphatic rings. The Labute approximate surface area is 120 Å². The number of hydrogen-bond donors (Lipinski definition) is 2. The van der Waals surface area contributed by atoms with Crippen LogP contribution in [0.2, 0.25) is 0 Å². The Balaban J connectivity index is 2.19. The van der Waals surface area contributed by atoms with Crippen molar-refractivity contribution in [2.45, 2.75) is 26.4 Å².